The van der Waals surface area contributed by atoms with Gasteiger partial charge in [0.1, 0.15) is 6.61 Å². The first kappa shape index (κ1) is 21.0. The molecule has 0 amide bonds. The fraction of sp³-hybridized carbons (Fsp3) is 0.190. The van der Waals surface area contributed by atoms with Crippen LogP contribution in [0.4, 0.5) is 0 Å². The molecule has 0 spiro atoms. The van der Waals surface area contributed by atoms with E-state index in [1.165, 1.54) is 5.56 Å². The number of rotatable bonds is 8. The van der Waals surface area contributed by atoms with Crippen molar-refractivity contribution < 1.29 is 21.9 Å². The Morgan fingerprint density at radius 1 is 0.889 bits per heavy atom. The molecule has 27 heavy (non-hydrogen) atoms. The fourth-order valence-corrected chi connectivity index (χ4v) is 2.79. The average Bonchev–Trinajstić information content (AvgIpc) is 2.67. The molecule has 2 aromatic carbocycles. The molecule has 0 radical (unpaired) electrons. The molecule has 3 aromatic rings. The van der Waals surface area contributed by atoms with Gasteiger partial charge in [-0.1, -0.05) is 29.8 Å². The summed E-state index contributed by atoms with van der Waals surface area (Å²) in [7, 11) is 1.65. The third-order valence-corrected chi connectivity index (χ3v) is 4.15. The Morgan fingerprint density at radius 2 is 1.67 bits per heavy atom. The fourth-order valence-electron chi connectivity index (χ4n) is 2.58. The highest BCUT2D eigenvalue weighted by Gasteiger charge is 2.07. The predicted octanol–water partition coefficient (Wildman–Crippen LogP) is 1.62. The standard InChI is InChI=1S/C21H21ClN2O2.ClH/c1-25-21-12-17(14-24-13-16-7-9-23-10-8-16)5-6-20(21)26-15-18-3-2-4-19(22)11-18;/h2-12,24H,13-15H2,1H3;1H/p-1. The van der Waals surface area contributed by atoms with Gasteiger partial charge < -0.3 is 27.2 Å². The number of ether oxygens (including phenoxy) is 2. The molecule has 1 heterocycles. The maximum atomic E-state index is 6.01. The van der Waals surface area contributed by atoms with E-state index in [1.54, 1.807) is 19.5 Å². The Labute approximate surface area is 170 Å². The number of pyridine rings is 1. The van der Waals surface area contributed by atoms with Crippen LogP contribution in [0, 0.1) is 0 Å². The zero-order chi connectivity index (χ0) is 18.2. The predicted molar refractivity (Wildman–Crippen MR) is 104 cm³/mol. The van der Waals surface area contributed by atoms with Gasteiger partial charge in [0.05, 0.1) is 7.11 Å². The highest BCUT2D eigenvalue weighted by Crippen LogP contribution is 2.29. The molecule has 142 valence electrons. The van der Waals surface area contributed by atoms with Gasteiger partial charge in [-0.05, 0) is 53.1 Å². The van der Waals surface area contributed by atoms with E-state index in [-0.39, 0.29) is 12.4 Å². The number of methoxy groups -OCH3 is 1. The lowest BCUT2D eigenvalue weighted by atomic mass is 10.2. The van der Waals surface area contributed by atoms with E-state index in [2.05, 4.69) is 10.3 Å². The van der Waals surface area contributed by atoms with Crippen LogP contribution in [0.25, 0.3) is 0 Å². The number of nitrogens with zero attached hydrogens (tertiary/aromatic N) is 1. The van der Waals surface area contributed by atoms with Crippen molar-refractivity contribution in [1.29, 1.82) is 0 Å². The summed E-state index contributed by atoms with van der Waals surface area (Å²) in [5.74, 6) is 1.43. The second-order valence-electron chi connectivity index (χ2n) is 5.86. The summed E-state index contributed by atoms with van der Waals surface area (Å²) in [6, 6.07) is 17.6. The maximum Gasteiger partial charge on any atom is 0.161 e. The van der Waals surface area contributed by atoms with E-state index in [4.69, 9.17) is 21.1 Å². The minimum absolute atomic E-state index is 0. The van der Waals surface area contributed by atoms with E-state index in [0.717, 1.165) is 30.0 Å². The average molecular weight is 404 g/mol. The summed E-state index contributed by atoms with van der Waals surface area (Å²) in [4.78, 5) is 4.02. The van der Waals surface area contributed by atoms with Crippen LogP contribution in [0.5, 0.6) is 11.5 Å². The third kappa shape index (κ3) is 6.43. The van der Waals surface area contributed by atoms with Crippen LogP contribution in [0.1, 0.15) is 16.7 Å². The summed E-state index contributed by atoms with van der Waals surface area (Å²) >= 11 is 6.01. The van der Waals surface area contributed by atoms with Gasteiger partial charge in [0.15, 0.2) is 11.5 Å². The summed E-state index contributed by atoms with van der Waals surface area (Å²) in [5, 5.41) is 4.12. The zero-order valence-corrected chi connectivity index (χ0v) is 16.5. The molecule has 0 saturated carbocycles. The van der Waals surface area contributed by atoms with E-state index >= 15 is 0 Å². The topological polar surface area (TPSA) is 43.4 Å². The Kier molecular flexibility index (Phi) is 8.40. The lowest BCUT2D eigenvalue weighted by Gasteiger charge is -2.13. The van der Waals surface area contributed by atoms with Gasteiger partial charge in [0, 0.05) is 30.5 Å². The number of halogens is 2. The molecule has 1 aromatic heterocycles. The number of hydrogen-bond donors (Lipinski definition) is 1. The number of benzene rings is 2. The van der Waals surface area contributed by atoms with E-state index in [1.807, 2.05) is 54.6 Å². The third-order valence-electron chi connectivity index (χ3n) is 3.92. The minimum atomic E-state index is 0. The first-order chi connectivity index (χ1) is 12.7. The van der Waals surface area contributed by atoms with Gasteiger partial charge in [0.25, 0.3) is 0 Å². The number of nitrogens with one attached hydrogen (secondary N) is 1. The maximum absolute atomic E-state index is 6.01. The Balaban J connectivity index is 0.00000261. The molecule has 0 fully saturated rings. The van der Waals surface area contributed by atoms with Gasteiger partial charge in [-0.25, -0.2) is 0 Å². The summed E-state index contributed by atoms with van der Waals surface area (Å²) in [6.45, 7) is 1.97. The second kappa shape index (κ2) is 10.8. The van der Waals surface area contributed by atoms with Crippen LogP contribution in [0.15, 0.2) is 67.0 Å². The monoisotopic (exact) mass is 403 g/mol. The van der Waals surface area contributed by atoms with Crippen LogP contribution in [0.3, 0.4) is 0 Å². The molecule has 0 bridgehead atoms. The van der Waals surface area contributed by atoms with Crippen molar-refractivity contribution in [2.75, 3.05) is 7.11 Å². The molecule has 0 aliphatic rings. The Bertz CT molecular complexity index is 845. The lowest BCUT2D eigenvalue weighted by Crippen LogP contribution is -3.00. The first-order valence-electron chi connectivity index (χ1n) is 8.38. The molecule has 0 aliphatic heterocycles. The van der Waals surface area contributed by atoms with Crippen LogP contribution in [-0.2, 0) is 19.7 Å². The quantitative estimate of drug-likeness (QED) is 0.620. The van der Waals surface area contributed by atoms with E-state index in [9.17, 15) is 0 Å². The van der Waals surface area contributed by atoms with Gasteiger partial charge in [-0.3, -0.25) is 4.98 Å². The van der Waals surface area contributed by atoms with Crippen molar-refractivity contribution in [1.82, 2.24) is 10.3 Å². The van der Waals surface area contributed by atoms with Crippen molar-refractivity contribution >= 4 is 11.6 Å². The molecule has 4 nitrogen and oxygen atoms in total. The van der Waals surface area contributed by atoms with Crippen LogP contribution < -0.4 is 27.2 Å². The van der Waals surface area contributed by atoms with Gasteiger partial charge in [-0.15, -0.1) is 0 Å². The highest BCUT2D eigenvalue weighted by atomic mass is 35.5. The summed E-state index contributed by atoms with van der Waals surface area (Å²) in [6.07, 6.45) is 3.60. The SMILES string of the molecule is COc1cc(CNCc2ccncc2)ccc1OCc1cccc(Cl)c1.[Cl-]. The molecule has 0 saturated heterocycles. The van der Waals surface area contributed by atoms with Gasteiger partial charge in [0.2, 0.25) is 0 Å². The lowest BCUT2D eigenvalue weighted by molar-refractivity contribution is -0.00000581. The number of aromatic nitrogens is 1. The van der Waals surface area contributed by atoms with Crippen LogP contribution in [0.2, 0.25) is 5.02 Å². The van der Waals surface area contributed by atoms with Crippen molar-refractivity contribution in [3.05, 3.63) is 88.7 Å². The van der Waals surface area contributed by atoms with Crippen LogP contribution >= 0.6 is 11.6 Å². The van der Waals surface area contributed by atoms with Crippen molar-refractivity contribution in [3.8, 4) is 11.5 Å². The van der Waals surface area contributed by atoms with Crippen molar-refractivity contribution in [2.45, 2.75) is 19.7 Å². The van der Waals surface area contributed by atoms with Gasteiger partial charge >= 0.3 is 0 Å². The molecule has 3 rings (SSSR count). The first-order valence-corrected chi connectivity index (χ1v) is 8.76. The molecule has 0 atom stereocenters. The summed E-state index contributed by atoms with van der Waals surface area (Å²) in [5.41, 5.74) is 3.35. The molecule has 6 heteroatoms. The Hall–Kier alpha value is -2.27. The van der Waals surface area contributed by atoms with Gasteiger partial charge in [-0.2, -0.15) is 0 Å². The minimum Gasteiger partial charge on any atom is -1.00 e. The van der Waals surface area contributed by atoms with Crippen molar-refractivity contribution in [3.63, 3.8) is 0 Å². The number of hydrogen-bond acceptors (Lipinski definition) is 4. The smallest absolute Gasteiger partial charge is 0.161 e. The summed E-state index contributed by atoms with van der Waals surface area (Å²) < 4.78 is 11.4. The van der Waals surface area contributed by atoms with E-state index < -0.39 is 0 Å². The normalized spacial score (nSPS) is 10.1. The van der Waals surface area contributed by atoms with E-state index in [0.29, 0.717) is 17.4 Å². The van der Waals surface area contributed by atoms with Crippen molar-refractivity contribution in [2.24, 2.45) is 0 Å². The molecule has 1 N–H and O–H groups in total. The Morgan fingerprint density at radius 3 is 2.41 bits per heavy atom. The second-order valence-corrected chi connectivity index (χ2v) is 6.30. The highest BCUT2D eigenvalue weighted by molar-refractivity contribution is 6.30. The molecular weight excluding hydrogens is 383 g/mol. The zero-order valence-electron chi connectivity index (χ0n) is 15.0. The molecule has 0 aliphatic carbocycles. The largest absolute Gasteiger partial charge is 1.00 e. The van der Waals surface area contributed by atoms with Crippen LogP contribution in [-0.4, -0.2) is 12.1 Å². The molecule has 0 unspecified atom stereocenters. The molecular formula is C21H21Cl2N2O2-.